The lowest BCUT2D eigenvalue weighted by Gasteiger charge is -2.03. The van der Waals surface area contributed by atoms with Crippen LogP contribution in [0.1, 0.15) is 17.5 Å². The van der Waals surface area contributed by atoms with Crippen molar-refractivity contribution in [2.24, 2.45) is 0 Å². The largest absolute Gasteiger partial charge is 0.320 e. The van der Waals surface area contributed by atoms with E-state index in [2.05, 4.69) is 5.32 Å². The van der Waals surface area contributed by atoms with Gasteiger partial charge in [-0.3, -0.25) is 0 Å². The Hall–Kier alpha value is -0.890. The highest BCUT2D eigenvalue weighted by Gasteiger charge is 2.00. The number of benzene rings is 1. The summed E-state index contributed by atoms with van der Waals surface area (Å²) in [6.07, 6.45) is 1.80. The molecule has 2 heteroatoms. The summed E-state index contributed by atoms with van der Waals surface area (Å²) in [7, 11) is 1.91. The molecule has 0 aliphatic carbocycles. The summed E-state index contributed by atoms with van der Waals surface area (Å²) in [5.41, 5.74) is 1.95. The molecule has 1 nitrogen and oxygen atoms in total. The number of rotatable bonds is 4. The van der Waals surface area contributed by atoms with Gasteiger partial charge in [-0.1, -0.05) is 17.7 Å². The maximum Gasteiger partial charge on any atom is 0.126 e. The summed E-state index contributed by atoms with van der Waals surface area (Å²) >= 11 is 0. The van der Waals surface area contributed by atoms with Crippen molar-refractivity contribution in [1.29, 1.82) is 0 Å². The van der Waals surface area contributed by atoms with E-state index in [0.29, 0.717) is 0 Å². The second-order valence-electron chi connectivity index (χ2n) is 3.30. The van der Waals surface area contributed by atoms with Crippen molar-refractivity contribution >= 4 is 0 Å². The highest BCUT2D eigenvalue weighted by Crippen LogP contribution is 2.11. The topological polar surface area (TPSA) is 12.0 Å². The van der Waals surface area contributed by atoms with Crippen LogP contribution in [0.25, 0.3) is 0 Å². The van der Waals surface area contributed by atoms with Crippen LogP contribution < -0.4 is 5.32 Å². The minimum Gasteiger partial charge on any atom is -0.320 e. The van der Waals surface area contributed by atoms with Crippen LogP contribution in [-0.4, -0.2) is 13.6 Å². The van der Waals surface area contributed by atoms with Gasteiger partial charge >= 0.3 is 0 Å². The molecule has 0 atom stereocenters. The first-order valence-electron chi connectivity index (χ1n) is 4.63. The molecule has 1 aromatic carbocycles. The molecule has 0 radical (unpaired) electrons. The van der Waals surface area contributed by atoms with E-state index in [1.807, 2.05) is 20.0 Å². The van der Waals surface area contributed by atoms with Crippen molar-refractivity contribution in [2.45, 2.75) is 19.8 Å². The van der Waals surface area contributed by atoms with Crippen LogP contribution in [0.4, 0.5) is 4.39 Å². The van der Waals surface area contributed by atoms with E-state index in [9.17, 15) is 4.39 Å². The third-order valence-electron chi connectivity index (χ3n) is 2.07. The monoisotopic (exact) mass is 181 g/mol. The Kier molecular flexibility index (Phi) is 3.90. The van der Waals surface area contributed by atoms with Crippen LogP contribution >= 0.6 is 0 Å². The molecule has 0 aromatic heterocycles. The fourth-order valence-electron chi connectivity index (χ4n) is 1.35. The van der Waals surface area contributed by atoms with Gasteiger partial charge in [-0.2, -0.15) is 0 Å². The van der Waals surface area contributed by atoms with Gasteiger partial charge < -0.3 is 5.32 Å². The average molecular weight is 181 g/mol. The molecular weight excluding hydrogens is 165 g/mol. The minimum absolute atomic E-state index is 0.0818. The molecule has 1 N–H and O–H groups in total. The third-order valence-corrected chi connectivity index (χ3v) is 2.07. The van der Waals surface area contributed by atoms with Crippen LogP contribution in [0.15, 0.2) is 18.2 Å². The summed E-state index contributed by atoms with van der Waals surface area (Å²) in [4.78, 5) is 0. The molecule has 0 saturated carbocycles. The Morgan fingerprint density at radius 3 is 2.85 bits per heavy atom. The number of hydrogen-bond acceptors (Lipinski definition) is 1. The van der Waals surface area contributed by atoms with E-state index in [1.54, 1.807) is 12.1 Å². The Balaban J connectivity index is 2.59. The maximum absolute atomic E-state index is 13.2. The van der Waals surface area contributed by atoms with E-state index in [1.165, 1.54) is 0 Å². The second kappa shape index (κ2) is 4.97. The van der Waals surface area contributed by atoms with Gasteiger partial charge in [0.1, 0.15) is 5.82 Å². The highest BCUT2D eigenvalue weighted by molar-refractivity contribution is 5.24. The Morgan fingerprint density at radius 2 is 2.15 bits per heavy atom. The van der Waals surface area contributed by atoms with Gasteiger partial charge in [-0.15, -0.1) is 0 Å². The molecule has 0 bridgehead atoms. The van der Waals surface area contributed by atoms with Crippen LogP contribution in [0, 0.1) is 12.7 Å². The predicted molar refractivity (Wildman–Crippen MR) is 53.4 cm³/mol. The van der Waals surface area contributed by atoms with E-state index >= 15 is 0 Å². The van der Waals surface area contributed by atoms with Gasteiger partial charge in [-0.05, 0) is 45.0 Å². The number of hydrogen-bond donors (Lipinski definition) is 1. The number of nitrogens with one attached hydrogen (secondary N) is 1. The first-order valence-corrected chi connectivity index (χ1v) is 4.63. The van der Waals surface area contributed by atoms with Crippen molar-refractivity contribution in [2.75, 3.05) is 13.6 Å². The lowest BCUT2D eigenvalue weighted by atomic mass is 10.1. The maximum atomic E-state index is 13.2. The van der Waals surface area contributed by atoms with Gasteiger partial charge in [0.05, 0.1) is 0 Å². The normalized spacial score (nSPS) is 10.4. The van der Waals surface area contributed by atoms with Crippen molar-refractivity contribution in [3.05, 3.63) is 35.1 Å². The first kappa shape index (κ1) is 10.2. The molecule has 1 rings (SSSR count). The average Bonchev–Trinajstić information content (AvgIpc) is 2.11. The molecule has 72 valence electrons. The predicted octanol–water partition coefficient (Wildman–Crippen LogP) is 2.29. The molecular formula is C11H16FN. The van der Waals surface area contributed by atoms with Gasteiger partial charge in [-0.25, -0.2) is 4.39 Å². The fourth-order valence-corrected chi connectivity index (χ4v) is 1.35. The molecule has 13 heavy (non-hydrogen) atoms. The summed E-state index contributed by atoms with van der Waals surface area (Å²) < 4.78 is 13.2. The molecule has 0 saturated heterocycles. The van der Waals surface area contributed by atoms with Crippen LogP contribution in [0.3, 0.4) is 0 Å². The van der Waals surface area contributed by atoms with Crippen molar-refractivity contribution in [3.8, 4) is 0 Å². The third kappa shape index (κ3) is 3.15. The minimum atomic E-state index is -0.0818. The van der Waals surface area contributed by atoms with Crippen LogP contribution in [0.2, 0.25) is 0 Å². The van der Waals surface area contributed by atoms with E-state index in [0.717, 1.165) is 30.5 Å². The van der Waals surface area contributed by atoms with Crippen LogP contribution in [0.5, 0.6) is 0 Å². The molecule has 0 spiro atoms. The smallest absolute Gasteiger partial charge is 0.126 e. The second-order valence-corrected chi connectivity index (χ2v) is 3.30. The molecule has 0 amide bonds. The van der Waals surface area contributed by atoms with E-state index in [4.69, 9.17) is 0 Å². The zero-order valence-corrected chi connectivity index (χ0v) is 8.23. The highest BCUT2D eigenvalue weighted by atomic mass is 19.1. The molecule has 0 aliphatic heterocycles. The van der Waals surface area contributed by atoms with E-state index < -0.39 is 0 Å². The summed E-state index contributed by atoms with van der Waals surface area (Å²) in [5.74, 6) is -0.0818. The quantitative estimate of drug-likeness (QED) is 0.703. The Labute approximate surface area is 79.0 Å². The van der Waals surface area contributed by atoms with Crippen molar-refractivity contribution in [3.63, 3.8) is 0 Å². The first-order chi connectivity index (χ1) is 6.24. The van der Waals surface area contributed by atoms with Gasteiger partial charge in [0.15, 0.2) is 0 Å². The van der Waals surface area contributed by atoms with Crippen molar-refractivity contribution < 1.29 is 4.39 Å². The zero-order valence-electron chi connectivity index (χ0n) is 8.23. The van der Waals surface area contributed by atoms with Gasteiger partial charge in [0.2, 0.25) is 0 Å². The van der Waals surface area contributed by atoms with E-state index in [-0.39, 0.29) is 5.82 Å². The van der Waals surface area contributed by atoms with Crippen LogP contribution in [-0.2, 0) is 6.42 Å². The number of halogens is 1. The zero-order chi connectivity index (χ0) is 9.68. The molecule has 0 aliphatic rings. The SMILES string of the molecule is CNCCCc1cc(C)ccc1F. The van der Waals surface area contributed by atoms with Gasteiger partial charge in [0.25, 0.3) is 0 Å². The number of aryl methyl sites for hydroxylation is 2. The fraction of sp³-hybridized carbons (Fsp3) is 0.455. The van der Waals surface area contributed by atoms with Crippen molar-refractivity contribution in [1.82, 2.24) is 5.32 Å². The Morgan fingerprint density at radius 1 is 1.38 bits per heavy atom. The standard InChI is InChI=1S/C11H16FN/c1-9-5-6-11(12)10(8-9)4-3-7-13-2/h5-6,8,13H,3-4,7H2,1-2H3. The lowest BCUT2D eigenvalue weighted by molar-refractivity contribution is 0.600. The summed E-state index contributed by atoms with van der Waals surface area (Å²) in [6.45, 7) is 2.92. The van der Waals surface area contributed by atoms with Gasteiger partial charge in [0, 0.05) is 0 Å². The Bertz CT molecular complexity index is 271. The lowest BCUT2D eigenvalue weighted by Crippen LogP contribution is -2.08. The molecule has 0 unspecified atom stereocenters. The summed E-state index contributed by atoms with van der Waals surface area (Å²) in [5, 5.41) is 3.05. The summed E-state index contributed by atoms with van der Waals surface area (Å²) in [6, 6.07) is 5.27. The molecule has 1 aromatic rings. The molecule has 0 fully saturated rings. The molecule has 0 heterocycles.